The molecule has 2 amide bonds. The first kappa shape index (κ1) is 19.3. The summed E-state index contributed by atoms with van der Waals surface area (Å²) >= 11 is 0. The molecule has 0 unspecified atom stereocenters. The van der Waals surface area contributed by atoms with Gasteiger partial charge in [-0.3, -0.25) is 0 Å². The first-order valence-electron chi connectivity index (χ1n) is 10.0. The maximum Gasteiger partial charge on any atom is 0.323 e. The highest BCUT2D eigenvalue weighted by Gasteiger charge is 2.06. The number of nitrogens with zero attached hydrogens (tertiary/aromatic N) is 3. The zero-order chi connectivity index (χ0) is 21.8. The van der Waals surface area contributed by atoms with E-state index >= 15 is 0 Å². The van der Waals surface area contributed by atoms with E-state index in [1.54, 1.807) is 30.3 Å². The average Bonchev–Trinajstić information content (AvgIpc) is 3.36. The topological polar surface area (TPSA) is 81.1 Å². The first-order valence-corrected chi connectivity index (χ1v) is 10.0. The van der Waals surface area contributed by atoms with Crippen molar-refractivity contribution in [2.45, 2.75) is 0 Å². The first-order chi connectivity index (χ1) is 15.7. The molecule has 7 heteroatoms. The third-order valence-electron chi connectivity index (χ3n) is 4.84. The summed E-state index contributed by atoms with van der Waals surface area (Å²) in [7, 11) is 0. The highest BCUT2D eigenvalue weighted by atomic mass is 16.5. The van der Waals surface area contributed by atoms with E-state index in [-0.39, 0.29) is 6.03 Å². The van der Waals surface area contributed by atoms with Crippen molar-refractivity contribution >= 4 is 28.2 Å². The molecule has 0 saturated heterocycles. The van der Waals surface area contributed by atoms with Crippen LogP contribution in [0.3, 0.4) is 0 Å². The van der Waals surface area contributed by atoms with Crippen LogP contribution in [0.4, 0.5) is 16.2 Å². The fourth-order valence-corrected chi connectivity index (χ4v) is 3.28. The van der Waals surface area contributed by atoms with E-state index in [1.807, 2.05) is 77.6 Å². The second-order valence-corrected chi connectivity index (χ2v) is 7.09. The van der Waals surface area contributed by atoms with E-state index in [9.17, 15) is 4.79 Å². The molecule has 0 atom stereocenters. The van der Waals surface area contributed by atoms with E-state index in [0.717, 1.165) is 16.5 Å². The molecule has 0 bridgehead atoms. The van der Waals surface area contributed by atoms with Crippen LogP contribution in [0.25, 0.3) is 16.6 Å². The number of anilines is 2. The quantitative estimate of drug-likeness (QED) is 0.373. The van der Waals surface area contributed by atoms with Crippen molar-refractivity contribution in [2.24, 2.45) is 0 Å². The van der Waals surface area contributed by atoms with E-state index in [0.29, 0.717) is 23.1 Å². The Morgan fingerprint density at radius 3 is 2.19 bits per heavy atom. The molecule has 0 spiro atoms. The fraction of sp³-hybridized carbons (Fsp3) is 0. The van der Waals surface area contributed by atoms with Crippen molar-refractivity contribution in [2.75, 3.05) is 10.6 Å². The van der Waals surface area contributed by atoms with Gasteiger partial charge >= 0.3 is 6.03 Å². The van der Waals surface area contributed by atoms with Crippen LogP contribution in [0.1, 0.15) is 0 Å². The van der Waals surface area contributed by atoms with Crippen molar-refractivity contribution in [1.29, 1.82) is 0 Å². The van der Waals surface area contributed by atoms with Crippen LogP contribution in [0, 0.1) is 0 Å². The van der Waals surface area contributed by atoms with E-state index < -0.39 is 0 Å². The smallest absolute Gasteiger partial charge is 0.323 e. The third kappa shape index (κ3) is 4.41. The van der Waals surface area contributed by atoms with Gasteiger partial charge < -0.3 is 19.9 Å². The second-order valence-electron chi connectivity index (χ2n) is 7.09. The molecule has 5 rings (SSSR count). The number of hydrogen-bond donors (Lipinski definition) is 2. The Bertz CT molecular complexity index is 1350. The lowest BCUT2D eigenvalue weighted by atomic mass is 10.1. The van der Waals surface area contributed by atoms with Crippen LogP contribution >= 0.6 is 0 Å². The Balaban J connectivity index is 1.19. The lowest BCUT2D eigenvalue weighted by Gasteiger charge is -2.10. The van der Waals surface area contributed by atoms with Crippen molar-refractivity contribution in [3.8, 4) is 17.4 Å². The molecule has 0 aliphatic heterocycles. The molecule has 0 radical (unpaired) electrons. The van der Waals surface area contributed by atoms with Crippen molar-refractivity contribution in [1.82, 2.24) is 14.8 Å². The number of hydrogen-bond acceptors (Lipinski definition) is 4. The molecule has 0 saturated carbocycles. The third-order valence-corrected chi connectivity index (χ3v) is 4.84. The zero-order valence-electron chi connectivity index (χ0n) is 17.0. The second kappa shape index (κ2) is 8.61. The van der Waals surface area contributed by atoms with Crippen LogP contribution in [0.5, 0.6) is 11.6 Å². The van der Waals surface area contributed by atoms with E-state index in [1.165, 1.54) is 0 Å². The summed E-state index contributed by atoms with van der Waals surface area (Å²) in [6.07, 6.45) is 3.79. The van der Waals surface area contributed by atoms with Gasteiger partial charge in [0, 0.05) is 29.8 Å². The summed E-state index contributed by atoms with van der Waals surface area (Å²) in [4.78, 5) is 12.3. The maximum absolute atomic E-state index is 12.3. The molecule has 5 aromatic rings. The van der Waals surface area contributed by atoms with E-state index in [2.05, 4.69) is 20.8 Å². The Morgan fingerprint density at radius 2 is 1.44 bits per heavy atom. The Morgan fingerprint density at radius 1 is 0.719 bits per heavy atom. The number of benzene rings is 3. The molecule has 0 aliphatic rings. The molecule has 0 aliphatic carbocycles. The molecule has 3 aromatic carbocycles. The summed E-state index contributed by atoms with van der Waals surface area (Å²) < 4.78 is 7.60. The van der Waals surface area contributed by atoms with Crippen LogP contribution in [0.2, 0.25) is 0 Å². The molecule has 7 nitrogen and oxygen atoms in total. The van der Waals surface area contributed by atoms with Crippen LogP contribution in [-0.4, -0.2) is 20.8 Å². The highest BCUT2D eigenvalue weighted by molar-refractivity contribution is 6.01. The molecule has 32 heavy (non-hydrogen) atoms. The number of urea groups is 1. The number of nitrogens with one attached hydrogen (secondary N) is 2. The minimum absolute atomic E-state index is 0.319. The lowest BCUT2D eigenvalue weighted by Crippen LogP contribution is -2.19. The summed E-state index contributed by atoms with van der Waals surface area (Å²) in [6.45, 7) is 0. The lowest BCUT2D eigenvalue weighted by molar-refractivity contribution is 0.262. The molecular weight excluding hydrogens is 402 g/mol. The highest BCUT2D eigenvalue weighted by Crippen LogP contribution is 2.22. The largest absolute Gasteiger partial charge is 0.438 e. The van der Waals surface area contributed by atoms with Gasteiger partial charge in [0.05, 0.1) is 0 Å². The SMILES string of the molecule is O=C(Nc1ccc(Oc2ccc(-n3cccc3)nn2)cc1)Nc1ccc2ccccc2c1. The number of carbonyl (C=O) groups excluding carboxylic acids is 1. The van der Waals surface area contributed by atoms with Gasteiger partial charge in [-0.2, -0.15) is 0 Å². The van der Waals surface area contributed by atoms with Crippen LogP contribution in [0.15, 0.2) is 103 Å². The van der Waals surface area contributed by atoms with Gasteiger partial charge in [0.25, 0.3) is 0 Å². The molecule has 156 valence electrons. The molecule has 2 aromatic heterocycles. The monoisotopic (exact) mass is 421 g/mol. The summed E-state index contributed by atoms with van der Waals surface area (Å²) in [5.74, 6) is 1.68. The standard InChI is InChI=1S/C25H19N5O2/c31-25(27-21-8-7-18-5-1-2-6-19(18)17-21)26-20-9-11-22(12-10-20)32-24-14-13-23(28-29-24)30-15-3-4-16-30/h1-17H,(H2,26,27,31). The Hall–Kier alpha value is -4.65. The molecular formula is C25H19N5O2. The van der Waals surface area contributed by atoms with Gasteiger partial charge in [0.2, 0.25) is 5.88 Å². The molecule has 0 fully saturated rings. The number of rotatable bonds is 5. The maximum atomic E-state index is 12.3. The average molecular weight is 421 g/mol. The number of amides is 2. The Labute approximate surface area is 184 Å². The number of aromatic nitrogens is 3. The predicted molar refractivity (Wildman–Crippen MR) is 124 cm³/mol. The number of ether oxygens (including phenoxy) is 1. The number of fused-ring (bicyclic) bond motifs is 1. The fourth-order valence-electron chi connectivity index (χ4n) is 3.28. The van der Waals surface area contributed by atoms with Gasteiger partial charge in [0.1, 0.15) is 5.75 Å². The molecule has 2 heterocycles. The van der Waals surface area contributed by atoms with Gasteiger partial charge in [-0.25, -0.2) is 4.79 Å². The van der Waals surface area contributed by atoms with Crippen LogP contribution < -0.4 is 15.4 Å². The minimum atomic E-state index is -0.319. The Kier molecular flexibility index (Phi) is 5.20. The normalized spacial score (nSPS) is 10.6. The summed E-state index contributed by atoms with van der Waals surface area (Å²) in [6, 6.07) is 27.9. The number of carbonyl (C=O) groups is 1. The zero-order valence-corrected chi connectivity index (χ0v) is 17.0. The van der Waals surface area contributed by atoms with Crippen LogP contribution in [-0.2, 0) is 0 Å². The van der Waals surface area contributed by atoms with Gasteiger partial charge in [-0.1, -0.05) is 30.3 Å². The minimum Gasteiger partial charge on any atom is -0.438 e. The van der Waals surface area contributed by atoms with E-state index in [4.69, 9.17) is 4.74 Å². The molecule has 2 N–H and O–H groups in total. The van der Waals surface area contributed by atoms with Crippen molar-refractivity contribution in [3.63, 3.8) is 0 Å². The summed E-state index contributed by atoms with van der Waals surface area (Å²) in [5, 5.41) is 16.1. The van der Waals surface area contributed by atoms with Crippen molar-refractivity contribution < 1.29 is 9.53 Å². The predicted octanol–water partition coefficient (Wildman–Crippen LogP) is 5.86. The summed E-state index contributed by atoms with van der Waals surface area (Å²) in [5.41, 5.74) is 1.37. The van der Waals surface area contributed by atoms with Gasteiger partial charge in [-0.05, 0) is 65.4 Å². The van der Waals surface area contributed by atoms with Crippen molar-refractivity contribution in [3.05, 3.63) is 103 Å². The van der Waals surface area contributed by atoms with Gasteiger partial charge in [0.15, 0.2) is 5.82 Å². The van der Waals surface area contributed by atoms with Gasteiger partial charge in [-0.15, -0.1) is 10.2 Å².